The van der Waals surface area contributed by atoms with Gasteiger partial charge in [-0.25, -0.2) is 0 Å². The second kappa shape index (κ2) is 4.77. The summed E-state index contributed by atoms with van der Waals surface area (Å²) in [5.41, 5.74) is 0.876. The molecule has 0 bridgehead atoms. The lowest BCUT2D eigenvalue weighted by atomic mass is 9.82. The summed E-state index contributed by atoms with van der Waals surface area (Å²) in [7, 11) is 0. The van der Waals surface area contributed by atoms with Crippen molar-refractivity contribution in [3.63, 3.8) is 0 Å². The van der Waals surface area contributed by atoms with E-state index < -0.39 is 0 Å². The molecular formula is C11H17N. The molecule has 0 rings (SSSR count). The molecule has 0 spiro atoms. The van der Waals surface area contributed by atoms with E-state index in [2.05, 4.69) is 12.6 Å². The van der Waals surface area contributed by atoms with E-state index >= 15 is 0 Å². The quantitative estimate of drug-likeness (QED) is 0.582. The molecule has 0 aromatic heterocycles. The zero-order valence-corrected chi connectivity index (χ0v) is 8.22. The summed E-state index contributed by atoms with van der Waals surface area (Å²) in [6.07, 6.45) is 5.44. The van der Waals surface area contributed by atoms with Gasteiger partial charge < -0.3 is 0 Å². The maximum atomic E-state index is 9.01. The van der Waals surface area contributed by atoms with Gasteiger partial charge in [0.25, 0.3) is 0 Å². The molecule has 0 radical (unpaired) electrons. The number of rotatable bonds is 4. The first-order valence-electron chi connectivity index (χ1n) is 4.28. The molecular weight excluding hydrogens is 146 g/mol. The molecule has 12 heavy (non-hydrogen) atoms. The van der Waals surface area contributed by atoms with Gasteiger partial charge in [-0.3, -0.25) is 0 Å². The molecule has 0 aliphatic carbocycles. The van der Waals surface area contributed by atoms with Crippen LogP contribution in [0.25, 0.3) is 0 Å². The molecule has 0 aliphatic heterocycles. The summed E-state index contributed by atoms with van der Waals surface area (Å²) in [5, 5.41) is 9.01. The largest absolute Gasteiger partial charge is 0.197 e. The maximum Gasteiger partial charge on any atom is 0.0787 e. The van der Waals surface area contributed by atoms with Crippen LogP contribution in [-0.4, -0.2) is 0 Å². The second-order valence-electron chi connectivity index (χ2n) is 3.34. The summed E-state index contributed by atoms with van der Waals surface area (Å²) < 4.78 is 0. The van der Waals surface area contributed by atoms with Crippen molar-refractivity contribution in [1.82, 2.24) is 0 Å². The predicted molar refractivity (Wildman–Crippen MR) is 52.6 cm³/mol. The van der Waals surface area contributed by atoms with Gasteiger partial charge in [0.05, 0.1) is 11.5 Å². The Morgan fingerprint density at radius 3 is 2.42 bits per heavy atom. The average molecular weight is 163 g/mol. The molecule has 0 fully saturated rings. The first-order chi connectivity index (χ1) is 5.60. The highest BCUT2D eigenvalue weighted by molar-refractivity contribution is 5.17. The van der Waals surface area contributed by atoms with Crippen LogP contribution in [0.3, 0.4) is 0 Å². The molecule has 1 nitrogen and oxygen atoms in total. The molecule has 0 aromatic carbocycles. The first-order valence-corrected chi connectivity index (χ1v) is 4.28. The Hall–Kier alpha value is -1.03. The van der Waals surface area contributed by atoms with Crippen LogP contribution >= 0.6 is 0 Å². The van der Waals surface area contributed by atoms with Crippen LogP contribution in [0, 0.1) is 16.7 Å². The third kappa shape index (κ3) is 2.92. The highest BCUT2D eigenvalue weighted by atomic mass is 14.3. The fraction of sp³-hybridized carbons (Fsp3) is 0.545. The average Bonchev–Trinajstić information content (AvgIpc) is 2.03. The number of hydrogen-bond acceptors (Lipinski definition) is 1. The Kier molecular flexibility index (Phi) is 4.36. The SMILES string of the molecule is C=CCC(C#N)(C=C(C)C)CC. The van der Waals surface area contributed by atoms with Gasteiger partial charge in [-0.05, 0) is 26.7 Å². The van der Waals surface area contributed by atoms with Gasteiger partial charge in [0.1, 0.15) is 0 Å². The normalized spacial score (nSPS) is 14.2. The molecule has 0 aromatic rings. The first kappa shape index (κ1) is 11.0. The van der Waals surface area contributed by atoms with E-state index in [9.17, 15) is 0 Å². The number of nitrogens with zero attached hydrogens (tertiary/aromatic N) is 1. The van der Waals surface area contributed by atoms with Gasteiger partial charge >= 0.3 is 0 Å². The van der Waals surface area contributed by atoms with Crippen LogP contribution in [0.4, 0.5) is 0 Å². The van der Waals surface area contributed by atoms with E-state index in [-0.39, 0.29) is 5.41 Å². The predicted octanol–water partition coefficient (Wildman–Crippen LogP) is 3.45. The third-order valence-electron chi connectivity index (χ3n) is 1.93. The van der Waals surface area contributed by atoms with Crippen LogP contribution < -0.4 is 0 Å². The van der Waals surface area contributed by atoms with Crippen molar-refractivity contribution in [2.45, 2.75) is 33.6 Å². The fourth-order valence-electron chi connectivity index (χ4n) is 1.27. The Morgan fingerprint density at radius 2 is 2.17 bits per heavy atom. The van der Waals surface area contributed by atoms with Crippen molar-refractivity contribution in [3.05, 3.63) is 24.3 Å². The van der Waals surface area contributed by atoms with Gasteiger partial charge in [0.15, 0.2) is 0 Å². The van der Waals surface area contributed by atoms with Crippen molar-refractivity contribution in [2.24, 2.45) is 5.41 Å². The van der Waals surface area contributed by atoms with Crippen LogP contribution in [0.15, 0.2) is 24.3 Å². The van der Waals surface area contributed by atoms with Crippen molar-refractivity contribution in [1.29, 1.82) is 5.26 Å². The molecule has 0 saturated carbocycles. The molecule has 0 saturated heterocycles. The molecule has 1 unspecified atom stereocenters. The zero-order chi connectivity index (χ0) is 9.61. The monoisotopic (exact) mass is 163 g/mol. The van der Waals surface area contributed by atoms with Gasteiger partial charge in [-0.1, -0.05) is 24.6 Å². The molecule has 1 atom stereocenters. The molecule has 0 N–H and O–H groups in total. The van der Waals surface area contributed by atoms with Crippen molar-refractivity contribution in [2.75, 3.05) is 0 Å². The Labute approximate surface area is 75.4 Å². The lowest BCUT2D eigenvalue weighted by Gasteiger charge is -2.19. The summed E-state index contributed by atoms with van der Waals surface area (Å²) in [6, 6.07) is 2.35. The summed E-state index contributed by atoms with van der Waals surface area (Å²) in [4.78, 5) is 0. The summed E-state index contributed by atoms with van der Waals surface area (Å²) in [5.74, 6) is 0. The Bertz CT molecular complexity index is 216. The molecule has 1 heteroatoms. The van der Waals surface area contributed by atoms with Crippen LogP contribution in [0.1, 0.15) is 33.6 Å². The number of nitriles is 1. The Morgan fingerprint density at radius 1 is 1.58 bits per heavy atom. The third-order valence-corrected chi connectivity index (χ3v) is 1.93. The van der Waals surface area contributed by atoms with Gasteiger partial charge in [0.2, 0.25) is 0 Å². The van der Waals surface area contributed by atoms with E-state index in [0.29, 0.717) is 0 Å². The van der Waals surface area contributed by atoms with E-state index in [1.54, 1.807) is 0 Å². The summed E-state index contributed by atoms with van der Waals surface area (Å²) >= 11 is 0. The highest BCUT2D eigenvalue weighted by Gasteiger charge is 2.22. The zero-order valence-electron chi connectivity index (χ0n) is 8.22. The number of hydrogen-bond donors (Lipinski definition) is 0. The standard InChI is InChI=1S/C11H17N/c1-5-7-11(6-2,9-12)8-10(3)4/h5,8H,1,6-7H2,2-4H3. The Balaban J connectivity index is 4.72. The van der Waals surface area contributed by atoms with Crippen molar-refractivity contribution in [3.8, 4) is 6.07 Å². The fourth-order valence-corrected chi connectivity index (χ4v) is 1.27. The van der Waals surface area contributed by atoms with E-state index in [0.717, 1.165) is 12.8 Å². The summed E-state index contributed by atoms with van der Waals surface area (Å²) in [6.45, 7) is 9.74. The van der Waals surface area contributed by atoms with Crippen LogP contribution in [0.2, 0.25) is 0 Å². The molecule has 0 aliphatic rings. The lowest BCUT2D eigenvalue weighted by molar-refractivity contribution is 0.492. The van der Waals surface area contributed by atoms with E-state index in [1.165, 1.54) is 5.57 Å². The minimum absolute atomic E-state index is 0.319. The highest BCUT2D eigenvalue weighted by Crippen LogP contribution is 2.28. The topological polar surface area (TPSA) is 23.8 Å². The van der Waals surface area contributed by atoms with Crippen molar-refractivity contribution < 1.29 is 0 Å². The molecule has 0 heterocycles. The van der Waals surface area contributed by atoms with Gasteiger partial charge in [0, 0.05) is 0 Å². The minimum atomic E-state index is -0.319. The molecule has 66 valence electrons. The van der Waals surface area contributed by atoms with Gasteiger partial charge in [-0.15, -0.1) is 6.58 Å². The minimum Gasteiger partial charge on any atom is -0.197 e. The van der Waals surface area contributed by atoms with Crippen LogP contribution in [0.5, 0.6) is 0 Å². The number of allylic oxidation sites excluding steroid dienone is 3. The second-order valence-corrected chi connectivity index (χ2v) is 3.34. The van der Waals surface area contributed by atoms with Crippen molar-refractivity contribution >= 4 is 0 Å². The lowest BCUT2D eigenvalue weighted by Crippen LogP contribution is -2.13. The smallest absolute Gasteiger partial charge is 0.0787 e. The molecule has 0 amide bonds. The maximum absolute atomic E-state index is 9.01. The van der Waals surface area contributed by atoms with E-state index in [4.69, 9.17) is 5.26 Å². The van der Waals surface area contributed by atoms with Gasteiger partial charge in [-0.2, -0.15) is 5.26 Å². The van der Waals surface area contributed by atoms with Crippen LogP contribution in [-0.2, 0) is 0 Å². The van der Waals surface area contributed by atoms with E-state index in [1.807, 2.05) is 32.9 Å².